The average molecular weight is 266 g/mol. The Hall–Kier alpha value is -1.06. The molecular formula is C16H26O3. The fraction of sp³-hybridized carbons (Fsp3) is 0.625. The number of hydrogen-bond acceptors (Lipinski definition) is 3. The smallest absolute Gasteiger partial charge is 0.160 e. The van der Waals surface area contributed by atoms with Crippen LogP contribution in [0.1, 0.15) is 45.2 Å². The lowest BCUT2D eigenvalue weighted by Crippen LogP contribution is -2.31. The van der Waals surface area contributed by atoms with E-state index in [1.54, 1.807) is 13.8 Å². The molecule has 19 heavy (non-hydrogen) atoms. The van der Waals surface area contributed by atoms with Crippen molar-refractivity contribution in [1.29, 1.82) is 0 Å². The molecule has 0 aliphatic rings. The van der Waals surface area contributed by atoms with Gasteiger partial charge in [0.05, 0.1) is 6.10 Å². The molecule has 3 heteroatoms. The van der Waals surface area contributed by atoms with Gasteiger partial charge in [-0.3, -0.25) is 0 Å². The first-order valence-electron chi connectivity index (χ1n) is 6.94. The van der Waals surface area contributed by atoms with E-state index in [1.165, 1.54) is 5.56 Å². The second kappa shape index (κ2) is 6.92. The first kappa shape index (κ1) is 16.0. The fourth-order valence-electron chi connectivity index (χ4n) is 2.05. The maximum Gasteiger partial charge on any atom is 0.160 e. The zero-order valence-electron chi connectivity index (χ0n) is 12.7. The lowest BCUT2D eigenvalue weighted by molar-refractivity contribution is -0.206. The maximum absolute atomic E-state index is 9.56. The fourth-order valence-corrected chi connectivity index (χ4v) is 2.05. The van der Waals surface area contributed by atoms with E-state index >= 15 is 0 Å². The minimum atomic E-state index is -1.12. The number of benzene rings is 1. The standard InChI is InChI=1S/C16H26O3/c1-6-7-14-8-9-15(12(2)10-14)18-11-13(3)19-16(4,5)17/h8-10,13,17H,6-7,11H2,1-5H3/t13-/m0/s1. The van der Waals surface area contributed by atoms with Crippen molar-refractivity contribution >= 4 is 0 Å². The monoisotopic (exact) mass is 266 g/mol. The van der Waals surface area contributed by atoms with Crippen molar-refractivity contribution in [3.63, 3.8) is 0 Å². The Bertz CT molecular complexity index is 393. The van der Waals surface area contributed by atoms with Gasteiger partial charge in [0.2, 0.25) is 0 Å². The van der Waals surface area contributed by atoms with Gasteiger partial charge in [-0.25, -0.2) is 0 Å². The number of aryl methyl sites for hydroxylation is 2. The minimum Gasteiger partial charge on any atom is -0.491 e. The molecule has 1 aromatic carbocycles. The summed E-state index contributed by atoms with van der Waals surface area (Å²) in [6.45, 7) is 9.78. The Labute approximate surface area is 116 Å². The van der Waals surface area contributed by atoms with Crippen LogP contribution in [0.3, 0.4) is 0 Å². The van der Waals surface area contributed by atoms with Crippen molar-refractivity contribution in [1.82, 2.24) is 0 Å². The zero-order valence-corrected chi connectivity index (χ0v) is 12.7. The predicted molar refractivity (Wildman–Crippen MR) is 77.5 cm³/mol. The van der Waals surface area contributed by atoms with Crippen LogP contribution in [0, 0.1) is 6.92 Å². The van der Waals surface area contributed by atoms with E-state index in [1.807, 2.05) is 13.0 Å². The van der Waals surface area contributed by atoms with Crippen LogP contribution in [0.25, 0.3) is 0 Å². The van der Waals surface area contributed by atoms with E-state index in [9.17, 15) is 5.11 Å². The third-order valence-electron chi connectivity index (χ3n) is 2.74. The Balaban J connectivity index is 2.53. The molecule has 0 unspecified atom stereocenters. The van der Waals surface area contributed by atoms with E-state index in [2.05, 4.69) is 26.0 Å². The molecule has 1 atom stereocenters. The molecule has 1 rings (SSSR count). The second-order valence-corrected chi connectivity index (χ2v) is 5.54. The Morgan fingerprint density at radius 3 is 2.53 bits per heavy atom. The quantitative estimate of drug-likeness (QED) is 0.768. The highest BCUT2D eigenvalue weighted by atomic mass is 16.6. The molecule has 0 saturated carbocycles. The highest BCUT2D eigenvalue weighted by Gasteiger charge is 2.17. The topological polar surface area (TPSA) is 38.7 Å². The number of hydrogen-bond donors (Lipinski definition) is 1. The Morgan fingerprint density at radius 1 is 1.32 bits per heavy atom. The first-order valence-corrected chi connectivity index (χ1v) is 6.94. The highest BCUT2D eigenvalue weighted by Crippen LogP contribution is 2.20. The highest BCUT2D eigenvalue weighted by molar-refractivity contribution is 5.36. The zero-order chi connectivity index (χ0) is 14.5. The molecule has 3 nitrogen and oxygen atoms in total. The van der Waals surface area contributed by atoms with Gasteiger partial charge in [0.25, 0.3) is 0 Å². The van der Waals surface area contributed by atoms with Gasteiger partial charge in [0.1, 0.15) is 12.4 Å². The van der Waals surface area contributed by atoms with Gasteiger partial charge in [-0.05, 0) is 51.3 Å². The predicted octanol–water partition coefficient (Wildman–Crippen LogP) is 3.46. The van der Waals surface area contributed by atoms with E-state index in [0.717, 1.165) is 24.2 Å². The van der Waals surface area contributed by atoms with Crippen LogP contribution < -0.4 is 4.74 Å². The maximum atomic E-state index is 9.56. The molecule has 1 N–H and O–H groups in total. The van der Waals surface area contributed by atoms with Gasteiger partial charge >= 0.3 is 0 Å². The van der Waals surface area contributed by atoms with Gasteiger partial charge in [-0.2, -0.15) is 0 Å². The van der Waals surface area contributed by atoms with Crippen LogP contribution in [0.2, 0.25) is 0 Å². The van der Waals surface area contributed by atoms with E-state index in [-0.39, 0.29) is 6.10 Å². The molecule has 1 aromatic rings. The SMILES string of the molecule is CCCc1ccc(OC[C@H](C)OC(C)(C)O)c(C)c1. The summed E-state index contributed by atoms with van der Waals surface area (Å²) in [6.07, 6.45) is 2.09. The summed E-state index contributed by atoms with van der Waals surface area (Å²) in [5.74, 6) is -0.242. The molecule has 0 heterocycles. The minimum absolute atomic E-state index is 0.158. The lowest BCUT2D eigenvalue weighted by Gasteiger charge is -2.24. The van der Waals surface area contributed by atoms with Crippen molar-refractivity contribution in [2.75, 3.05) is 6.61 Å². The average Bonchev–Trinajstić information content (AvgIpc) is 2.26. The summed E-state index contributed by atoms with van der Waals surface area (Å²) in [5, 5.41) is 9.56. The van der Waals surface area contributed by atoms with Crippen LogP contribution in [0.5, 0.6) is 5.75 Å². The molecule has 0 radical (unpaired) electrons. The summed E-state index contributed by atoms with van der Waals surface area (Å²) in [7, 11) is 0. The van der Waals surface area contributed by atoms with Crippen LogP contribution in [-0.4, -0.2) is 23.6 Å². The Kier molecular flexibility index (Phi) is 5.83. The number of rotatable bonds is 7. The van der Waals surface area contributed by atoms with Crippen molar-refractivity contribution in [3.05, 3.63) is 29.3 Å². The summed E-state index contributed by atoms with van der Waals surface area (Å²) in [6, 6.07) is 6.28. The second-order valence-electron chi connectivity index (χ2n) is 5.54. The van der Waals surface area contributed by atoms with Gasteiger partial charge < -0.3 is 14.6 Å². The van der Waals surface area contributed by atoms with Gasteiger partial charge in [-0.1, -0.05) is 25.5 Å². The van der Waals surface area contributed by atoms with Crippen LogP contribution in [0.4, 0.5) is 0 Å². The molecule has 0 amide bonds. The molecule has 0 aliphatic heterocycles. The van der Waals surface area contributed by atoms with Crippen LogP contribution in [-0.2, 0) is 11.2 Å². The largest absolute Gasteiger partial charge is 0.491 e. The van der Waals surface area contributed by atoms with Gasteiger partial charge in [-0.15, -0.1) is 0 Å². The number of ether oxygens (including phenoxy) is 2. The molecule has 0 aliphatic carbocycles. The molecule has 0 spiro atoms. The van der Waals surface area contributed by atoms with Crippen molar-refractivity contribution in [2.45, 2.75) is 59.4 Å². The van der Waals surface area contributed by atoms with Crippen molar-refractivity contribution in [3.8, 4) is 5.75 Å². The third kappa shape index (κ3) is 6.08. The van der Waals surface area contributed by atoms with Gasteiger partial charge in [0.15, 0.2) is 5.79 Å². The van der Waals surface area contributed by atoms with Gasteiger partial charge in [0, 0.05) is 0 Å². The molecule has 0 aromatic heterocycles. The normalized spacial score (nSPS) is 13.4. The Morgan fingerprint density at radius 2 is 2.00 bits per heavy atom. The van der Waals surface area contributed by atoms with E-state index in [0.29, 0.717) is 6.61 Å². The van der Waals surface area contributed by atoms with Crippen LogP contribution >= 0.6 is 0 Å². The first-order chi connectivity index (χ1) is 8.81. The molecule has 0 fully saturated rings. The van der Waals surface area contributed by atoms with E-state index < -0.39 is 5.79 Å². The summed E-state index contributed by atoms with van der Waals surface area (Å²) < 4.78 is 11.1. The molecular weight excluding hydrogens is 240 g/mol. The molecule has 0 saturated heterocycles. The summed E-state index contributed by atoms with van der Waals surface area (Å²) in [4.78, 5) is 0. The summed E-state index contributed by atoms with van der Waals surface area (Å²) in [5.41, 5.74) is 2.48. The van der Waals surface area contributed by atoms with Crippen LogP contribution in [0.15, 0.2) is 18.2 Å². The molecule has 108 valence electrons. The van der Waals surface area contributed by atoms with E-state index in [4.69, 9.17) is 9.47 Å². The van der Waals surface area contributed by atoms with Crippen molar-refractivity contribution < 1.29 is 14.6 Å². The number of aliphatic hydroxyl groups is 1. The third-order valence-corrected chi connectivity index (χ3v) is 2.74. The summed E-state index contributed by atoms with van der Waals surface area (Å²) >= 11 is 0. The molecule has 0 bridgehead atoms. The van der Waals surface area contributed by atoms with Crippen molar-refractivity contribution in [2.24, 2.45) is 0 Å². The lowest BCUT2D eigenvalue weighted by atomic mass is 10.1.